The molecule has 0 aliphatic carbocycles. The van der Waals surface area contributed by atoms with Crippen molar-refractivity contribution in [2.75, 3.05) is 33.2 Å². The van der Waals surface area contributed by atoms with E-state index in [1.807, 2.05) is 12.3 Å². The maximum atomic E-state index is 4.99. The van der Waals surface area contributed by atoms with Gasteiger partial charge in [-0.15, -0.1) is 0 Å². The van der Waals surface area contributed by atoms with Crippen LogP contribution in [0.1, 0.15) is 44.1 Å². The van der Waals surface area contributed by atoms with Crippen molar-refractivity contribution in [1.29, 1.82) is 0 Å². The third-order valence-electron chi connectivity index (χ3n) is 5.34. The molecule has 2 aliphatic rings. The van der Waals surface area contributed by atoms with Crippen LogP contribution < -0.4 is 0 Å². The summed E-state index contributed by atoms with van der Waals surface area (Å²) in [5, 5.41) is 0. The second-order valence-corrected chi connectivity index (χ2v) is 6.67. The van der Waals surface area contributed by atoms with Gasteiger partial charge in [0, 0.05) is 18.7 Å². The van der Waals surface area contributed by atoms with E-state index in [4.69, 9.17) is 4.98 Å². The average molecular weight is 299 g/mol. The van der Waals surface area contributed by atoms with E-state index in [0.717, 1.165) is 24.3 Å². The first-order valence-electron chi connectivity index (χ1n) is 8.53. The number of aromatic nitrogens is 3. The van der Waals surface area contributed by atoms with Gasteiger partial charge in [0.1, 0.15) is 11.3 Å². The Morgan fingerprint density at radius 1 is 1.27 bits per heavy atom. The maximum Gasteiger partial charge on any atom is 0.161 e. The van der Waals surface area contributed by atoms with Gasteiger partial charge in [0.15, 0.2) is 5.65 Å². The Morgan fingerprint density at radius 3 is 2.91 bits per heavy atom. The SMILES string of the molecule is CCN1CCC(c2nc3cccnc3n2C2CCCN2C)C1. The van der Waals surface area contributed by atoms with Crippen LogP contribution in [0.2, 0.25) is 0 Å². The van der Waals surface area contributed by atoms with Crippen LogP contribution in [0.25, 0.3) is 11.2 Å². The number of fused-ring (bicyclic) bond motifs is 1. The predicted molar refractivity (Wildman–Crippen MR) is 87.9 cm³/mol. The standard InChI is InChI=1S/C17H25N5/c1-3-21-11-8-13(12-21)16-19-14-6-4-9-18-17(14)22(16)15-7-5-10-20(15)2/h4,6,9,13,15H,3,5,7-8,10-12H2,1-2H3. The summed E-state index contributed by atoms with van der Waals surface area (Å²) in [6, 6.07) is 4.10. The molecule has 0 saturated carbocycles. The Labute approximate surface area is 131 Å². The van der Waals surface area contributed by atoms with Gasteiger partial charge in [-0.25, -0.2) is 9.97 Å². The molecule has 2 atom stereocenters. The smallest absolute Gasteiger partial charge is 0.161 e. The van der Waals surface area contributed by atoms with Gasteiger partial charge in [-0.3, -0.25) is 9.47 Å². The Hall–Kier alpha value is -1.46. The molecule has 0 bridgehead atoms. The minimum absolute atomic E-state index is 0.422. The van der Waals surface area contributed by atoms with E-state index in [9.17, 15) is 0 Å². The minimum atomic E-state index is 0.422. The van der Waals surface area contributed by atoms with Crippen LogP contribution in [-0.4, -0.2) is 57.6 Å². The minimum Gasteiger partial charge on any atom is -0.303 e. The average Bonchev–Trinajstić information content (AvgIpc) is 3.23. The Morgan fingerprint density at radius 2 is 2.18 bits per heavy atom. The van der Waals surface area contributed by atoms with Gasteiger partial charge in [0.05, 0.1) is 6.17 Å². The van der Waals surface area contributed by atoms with Crippen LogP contribution in [0, 0.1) is 0 Å². The first kappa shape index (κ1) is 14.2. The highest BCUT2D eigenvalue weighted by Gasteiger charge is 2.32. The highest BCUT2D eigenvalue weighted by molar-refractivity contribution is 5.71. The first-order chi connectivity index (χ1) is 10.8. The Balaban J connectivity index is 1.80. The van der Waals surface area contributed by atoms with Crippen LogP contribution in [0.15, 0.2) is 18.3 Å². The number of pyridine rings is 1. The third-order valence-corrected chi connectivity index (χ3v) is 5.34. The van der Waals surface area contributed by atoms with Crippen LogP contribution >= 0.6 is 0 Å². The van der Waals surface area contributed by atoms with E-state index in [1.54, 1.807) is 0 Å². The molecule has 0 radical (unpaired) electrons. The summed E-state index contributed by atoms with van der Waals surface area (Å²) in [7, 11) is 2.23. The van der Waals surface area contributed by atoms with Crippen molar-refractivity contribution in [3.63, 3.8) is 0 Å². The van der Waals surface area contributed by atoms with E-state index in [0.29, 0.717) is 12.1 Å². The van der Waals surface area contributed by atoms with Gasteiger partial charge >= 0.3 is 0 Å². The summed E-state index contributed by atoms with van der Waals surface area (Å²) in [4.78, 5) is 14.6. The van der Waals surface area contributed by atoms with Gasteiger partial charge in [0.25, 0.3) is 0 Å². The molecule has 2 saturated heterocycles. The van der Waals surface area contributed by atoms with Crippen molar-refractivity contribution >= 4 is 11.2 Å². The lowest BCUT2D eigenvalue weighted by Gasteiger charge is -2.25. The summed E-state index contributed by atoms with van der Waals surface area (Å²) in [5.41, 5.74) is 2.11. The number of nitrogens with zero attached hydrogens (tertiary/aromatic N) is 5. The van der Waals surface area contributed by atoms with E-state index in [2.05, 4.69) is 39.4 Å². The van der Waals surface area contributed by atoms with Gasteiger partial charge in [-0.1, -0.05) is 6.92 Å². The lowest BCUT2D eigenvalue weighted by molar-refractivity contribution is 0.234. The lowest BCUT2D eigenvalue weighted by Crippen LogP contribution is -2.26. The maximum absolute atomic E-state index is 4.99. The van der Waals surface area contributed by atoms with Crippen molar-refractivity contribution in [2.45, 2.75) is 38.3 Å². The second kappa shape index (κ2) is 5.63. The summed E-state index contributed by atoms with van der Waals surface area (Å²) in [5.74, 6) is 1.80. The largest absolute Gasteiger partial charge is 0.303 e. The molecule has 2 aromatic rings. The lowest BCUT2D eigenvalue weighted by atomic mass is 10.1. The summed E-state index contributed by atoms with van der Waals surface area (Å²) < 4.78 is 2.44. The molecule has 2 aliphatic heterocycles. The molecule has 2 fully saturated rings. The van der Waals surface area contributed by atoms with Crippen LogP contribution in [0.3, 0.4) is 0 Å². The fourth-order valence-electron chi connectivity index (χ4n) is 4.08. The molecule has 0 aromatic carbocycles. The van der Waals surface area contributed by atoms with Crippen molar-refractivity contribution in [3.8, 4) is 0 Å². The third kappa shape index (κ3) is 2.23. The molecule has 4 rings (SSSR count). The molecule has 5 heteroatoms. The van der Waals surface area contributed by atoms with Gasteiger partial charge < -0.3 is 4.90 Å². The normalized spacial score (nSPS) is 27.2. The summed E-state index contributed by atoms with van der Waals surface area (Å²) in [6.07, 6.45) is 6.00. The van der Waals surface area contributed by atoms with Crippen LogP contribution in [0.5, 0.6) is 0 Å². The van der Waals surface area contributed by atoms with E-state index < -0.39 is 0 Å². The summed E-state index contributed by atoms with van der Waals surface area (Å²) in [6.45, 7) is 6.88. The number of imidazole rings is 1. The highest BCUT2D eigenvalue weighted by Crippen LogP contribution is 2.35. The molecule has 118 valence electrons. The molecule has 0 N–H and O–H groups in total. The molecule has 4 heterocycles. The molecule has 5 nitrogen and oxygen atoms in total. The zero-order valence-electron chi connectivity index (χ0n) is 13.6. The van der Waals surface area contributed by atoms with E-state index in [1.165, 1.54) is 38.2 Å². The van der Waals surface area contributed by atoms with Crippen LogP contribution in [0.4, 0.5) is 0 Å². The quantitative estimate of drug-likeness (QED) is 0.872. The zero-order chi connectivity index (χ0) is 15.1. The van der Waals surface area contributed by atoms with Crippen LogP contribution in [-0.2, 0) is 0 Å². The van der Waals surface area contributed by atoms with Crippen molar-refractivity contribution in [3.05, 3.63) is 24.2 Å². The second-order valence-electron chi connectivity index (χ2n) is 6.67. The number of likely N-dealkylation sites (N-methyl/N-ethyl adjacent to an activating group) is 1. The molecule has 2 aromatic heterocycles. The van der Waals surface area contributed by atoms with Gasteiger partial charge in [-0.05, 0) is 58.1 Å². The van der Waals surface area contributed by atoms with Crippen molar-refractivity contribution in [1.82, 2.24) is 24.3 Å². The van der Waals surface area contributed by atoms with Crippen molar-refractivity contribution in [2.24, 2.45) is 0 Å². The van der Waals surface area contributed by atoms with Gasteiger partial charge in [-0.2, -0.15) is 0 Å². The molecular formula is C17H25N5. The fourth-order valence-corrected chi connectivity index (χ4v) is 4.08. The monoisotopic (exact) mass is 299 g/mol. The Bertz CT molecular complexity index is 664. The van der Waals surface area contributed by atoms with Gasteiger partial charge in [0.2, 0.25) is 0 Å². The molecule has 0 amide bonds. The summed E-state index contributed by atoms with van der Waals surface area (Å²) >= 11 is 0. The molecular weight excluding hydrogens is 274 g/mol. The molecule has 2 unspecified atom stereocenters. The predicted octanol–water partition coefficient (Wildman–Crippen LogP) is 2.46. The Kier molecular flexibility index (Phi) is 3.62. The van der Waals surface area contributed by atoms with E-state index >= 15 is 0 Å². The number of likely N-dealkylation sites (tertiary alicyclic amines) is 2. The van der Waals surface area contributed by atoms with E-state index in [-0.39, 0.29) is 0 Å². The topological polar surface area (TPSA) is 37.2 Å². The zero-order valence-corrected chi connectivity index (χ0v) is 13.6. The fraction of sp³-hybridized carbons (Fsp3) is 0.647. The first-order valence-corrected chi connectivity index (χ1v) is 8.53. The number of rotatable bonds is 3. The molecule has 0 spiro atoms. The molecule has 22 heavy (non-hydrogen) atoms. The number of hydrogen-bond donors (Lipinski definition) is 0. The van der Waals surface area contributed by atoms with Crippen molar-refractivity contribution < 1.29 is 0 Å². The number of hydrogen-bond acceptors (Lipinski definition) is 4. The highest BCUT2D eigenvalue weighted by atomic mass is 15.3.